The molecule has 33 heavy (non-hydrogen) atoms. The molecule has 0 amide bonds. The van der Waals surface area contributed by atoms with Crippen LogP contribution < -0.4 is 4.74 Å². The molecule has 2 aromatic carbocycles. The summed E-state index contributed by atoms with van der Waals surface area (Å²) >= 11 is 0. The standard InChI is InChI=1S/C28H40O4S/c1-27(2,3)23-17-21(18-24(26(23)31-7)28(4,5)6)22-15-11-12-16-25(22)32-33(29,30)19-20-13-9-8-10-14-20/h8-10,13-14,17-18,22,25H,11-12,15-16,19H2,1-7H3/t22-,25+/m0/s1. The zero-order valence-electron chi connectivity index (χ0n) is 21.3. The van der Waals surface area contributed by atoms with E-state index < -0.39 is 10.1 Å². The maximum Gasteiger partial charge on any atom is 0.271 e. The second-order valence-corrected chi connectivity index (χ2v) is 13.0. The van der Waals surface area contributed by atoms with Gasteiger partial charge in [0.2, 0.25) is 0 Å². The largest absolute Gasteiger partial charge is 0.496 e. The van der Waals surface area contributed by atoms with Crippen molar-refractivity contribution in [3.8, 4) is 5.75 Å². The Hall–Kier alpha value is -1.85. The molecule has 0 radical (unpaired) electrons. The molecule has 0 spiro atoms. The number of rotatable bonds is 6. The van der Waals surface area contributed by atoms with Crippen LogP contribution >= 0.6 is 0 Å². The van der Waals surface area contributed by atoms with Crippen molar-refractivity contribution >= 4 is 10.1 Å². The summed E-state index contributed by atoms with van der Waals surface area (Å²) in [5.41, 5.74) is 4.01. The fourth-order valence-corrected chi connectivity index (χ4v) is 6.07. The molecule has 1 saturated carbocycles. The van der Waals surface area contributed by atoms with E-state index in [1.54, 1.807) is 7.11 Å². The highest BCUT2D eigenvalue weighted by molar-refractivity contribution is 7.85. The van der Waals surface area contributed by atoms with Crippen molar-refractivity contribution in [2.45, 2.75) is 95.8 Å². The van der Waals surface area contributed by atoms with E-state index >= 15 is 0 Å². The molecule has 2 atom stereocenters. The number of methoxy groups -OCH3 is 1. The predicted octanol–water partition coefficient (Wildman–Crippen LogP) is 6.86. The third-order valence-electron chi connectivity index (χ3n) is 6.52. The van der Waals surface area contributed by atoms with Crippen LogP contribution in [0.2, 0.25) is 0 Å². The third-order valence-corrected chi connectivity index (χ3v) is 7.75. The normalized spacial score (nSPS) is 20.0. The van der Waals surface area contributed by atoms with Crippen molar-refractivity contribution in [3.05, 3.63) is 64.7 Å². The molecule has 0 aromatic heterocycles. The summed E-state index contributed by atoms with van der Waals surface area (Å²) in [5, 5.41) is 0. The lowest BCUT2D eigenvalue weighted by Crippen LogP contribution is -2.30. The van der Waals surface area contributed by atoms with Crippen LogP contribution in [-0.2, 0) is 30.9 Å². The highest BCUT2D eigenvalue weighted by Crippen LogP contribution is 2.44. The van der Waals surface area contributed by atoms with Crippen molar-refractivity contribution in [1.29, 1.82) is 0 Å². The van der Waals surface area contributed by atoms with Gasteiger partial charge in [0.05, 0.1) is 13.2 Å². The average Bonchev–Trinajstić information content (AvgIpc) is 2.72. The van der Waals surface area contributed by atoms with Crippen molar-refractivity contribution in [2.24, 2.45) is 0 Å². The molecule has 2 aromatic rings. The van der Waals surface area contributed by atoms with E-state index in [1.165, 1.54) is 0 Å². The Balaban J connectivity index is 2.00. The lowest BCUT2D eigenvalue weighted by atomic mass is 9.74. The minimum atomic E-state index is -3.69. The number of benzene rings is 2. The average molecular weight is 473 g/mol. The minimum absolute atomic E-state index is 0.0393. The molecule has 1 aliphatic carbocycles. The Morgan fingerprint density at radius 3 is 1.94 bits per heavy atom. The molecule has 0 heterocycles. The van der Waals surface area contributed by atoms with Crippen molar-refractivity contribution in [1.82, 2.24) is 0 Å². The zero-order valence-corrected chi connectivity index (χ0v) is 22.1. The van der Waals surface area contributed by atoms with Gasteiger partial charge in [-0.25, -0.2) is 0 Å². The van der Waals surface area contributed by atoms with Gasteiger partial charge in [0.25, 0.3) is 10.1 Å². The van der Waals surface area contributed by atoms with Crippen LogP contribution in [0.5, 0.6) is 5.75 Å². The van der Waals surface area contributed by atoms with Gasteiger partial charge in [-0.3, -0.25) is 4.18 Å². The first-order chi connectivity index (χ1) is 15.3. The Bertz CT molecular complexity index is 1010. The second kappa shape index (κ2) is 9.79. The van der Waals surface area contributed by atoms with E-state index in [4.69, 9.17) is 8.92 Å². The highest BCUT2D eigenvalue weighted by Gasteiger charge is 2.35. The highest BCUT2D eigenvalue weighted by atomic mass is 32.2. The molecular weight excluding hydrogens is 432 g/mol. The molecule has 0 unspecified atom stereocenters. The van der Waals surface area contributed by atoms with Gasteiger partial charge in [-0.1, -0.05) is 96.8 Å². The molecule has 0 bridgehead atoms. The van der Waals surface area contributed by atoms with Crippen LogP contribution in [0.15, 0.2) is 42.5 Å². The van der Waals surface area contributed by atoms with Gasteiger partial charge in [0, 0.05) is 17.0 Å². The number of ether oxygens (including phenoxy) is 1. The van der Waals surface area contributed by atoms with Gasteiger partial charge in [0.15, 0.2) is 0 Å². The van der Waals surface area contributed by atoms with Crippen molar-refractivity contribution in [2.75, 3.05) is 7.11 Å². The van der Waals surface area contributed by atoms with Crippen LogP contribution in [-0.4, -0.2) is 21.6 Å². The summed E-state index contributed by atoms with van der Waals surface area (Å²) in [6.07, 6.45) is 3.38. The SMILES string of the molecule is COc1c(C(C)(C)C)cc([C@@H]2CCCC[C@H]2OS(=O)(=O)Cc2ccccc2)cc1C(C)(C)C. The van der Waals surface area contributed by atoms with Gasteiger partial charge in [-0.05, 0) is 34.8 Å². The maximum absolute atomic E-state index is 13.0. The van der Waals surface area contributed by atoms with Gasteiger partial charge < -0.3 is 4.74 Å². The van der Waals surface area contributed by atoms with Gasteiger partial charge in [0.1, 0.15) is 11.5 Å². The smallest absolute Gasteiger partial charge is 0.271 e. The van der Waals surface area contributed by atoms with E-state index in [9.17, 15) is 8.42 Å². The Morgan fingerprint density at radius 2 is 1.42 bits per heavy atom. The summed E-state index contributed by atoms with van der Waals surface area (Å²) < 4.78 is 37.7. The molecule has 0 aliphatic heterocycles. The molecule has 182 valence electrons. The Labute approximate surface area is 200 Å². The molecule has 3 rings (SSSR count). The van der Waals surface area contributed by atoms with Gasteiger partial charge in [-0.2, -0.15) is 8.42 Å². The number of hydrogen-bond donors (Lipinski definition) is 0. The summed E-state index contributed by atoms with van der Waals surface area (Å²) in [5.74, 6) is 0.876. The number of hydrogen-bond acceptors (Lipinski definition) is 4. The molecule has 0 saturated heterocycles. The monoisotopic (exact) mass is 472 g/mol. The first-order valence-corrected chi connectivity index (χ1v) is 13.6. The van der Waals surface area contributed by atoms with Crippen molar-refractivity contribution in [3.63, 3.8) is 0 Å². The summed E-state index contributed by atoms with van der Waals surface area (Å²) in [4.78, 5) is 0. The summed E-state index contributed by atoms with van der Waals surface area (Å²) in [6, 6.07) is 13.7. The molecule has 1 fully saturated rings. The fraction of sp³-hybridized carbons (Fsp3) is 0.571. The molecule has 4 nitrogen and oxygen atoms in total. The zero-order chi connectivity index (χ0) is 24.4. The van der Waals surface area contributed by atoms with Crippen LogP contribution in [0.4, 0.5) is 0 Å². The Morgan fingerprint density at radius 1 is 0.879 bits per heavy atom. The lowest BCUT2D eigenvalue weighted by Gasteiger charge is -2.35. The lowest BCUT2D eigenvalue weighted by molar-refractivity contribution is 0.136. The first-order valence-electron chi connectivity index (χ1n) is 12.0. The molecule has 0 N–H and O–H groups in total. The van der Waals surface area contributed by atoms with E-state index in [2.05, 4.69) is 53.7 Å². The Kier molecular flexibility index (Phi) is 7.65. The second-order valence-electron chi connectivity index (χ2n) is 11.4. The van der Waals surface area contributed by atoms with Gasteiger partial charge >= 0.3 is 0 Å². The van der Waals surface area contributed by atoms with Crippen LogP contribution in [0.1, 0.15) is 95.4 Å². The summed E-state index contributed by atoms with van der Waals surface area (Å²) in [7, 11) is -1.95. The van der Waals surface area contributed by atoms with E-state index in [0.29, 0.717) is 0 Å². The van der Waals surface area contributed by atoms with E-state index in [-0.39, 0.29) is 28.6 Å². The topological polar surface area (TPSA) is 52.6 Å². The van der Waals surface area contributed by atoms with Gasteiger partial charge in [-0.15, -0.1) is 0 Å². The maximum atomic E-state index is 13.0. The third kappa shape index (κ3) is 6.39. The molecular formula is C28H40O4S. The van der Waals surface area contributed by atoms with Crippen molar-refractivity contribution < 1.29 is 17.3 Å². The quantitative estimate of drug-likeness (QED) is 0.431. The fourth-order valence-electron chi connectivity index (χ4n) is 4.79. The predicted molar refractivity (Wildman–Crippen MR) is 136 cm³/mol. The summed E-state index contributed by atoms with van der Waals surface area (Å²) in [6.45, 7) is 13.2. The minimum Gasteiger partial charge on any atom is -0.496 e. The first kappa shape index (κ1) is 25.8. The van der Waals surface area contributed by atoms with Crippen LogP contribution in [0, 0.1) is 0 Å². The molecule has 5 heteroatoms. The molecule has 1 aliphatic rings. The van der Waals surface area contributed by atoms with Crippen LogP contribution in [0.25, 0.3) is 0 Å². The van der Waals surface area contributed by atoms with Crippen LogP contribution in [0.3, 0.4) is 0 Å². The van der Waals surface area contributed by atoms with E-state index in [1.807, 2.05) is 30.3 Å². The van der Waals surface area contributed by atoms with E-state index in [0.717, 1.165) is 53.7 Å².